The standard InChI is InChI=1S/C16H25N3O2/c1-12-7-17-15(11-21-2)19(12)10-13-8-18(9-13)16(20)14-5-3-4-6-14/h7,13-14H,3-6,8-11H2,1-2H3. The molecule has 0 unspecified atom stereocenters. The van der Waals surface area contributed by atoms with E-state index < -0.39 is 0 Å². The molecule has 1 aromatic rings. The Bertz CT molecular complexity index is 500. The van der Waals surface area contributed by atoms with Crippen LogP contribution in [-0.4, -0.2) is 40.6 Å². The molecule has 0 bridgehead atoms. The first-order valence-corrected chi connectivity index (χ1v) is 7.97. The molecule has 1 aromatic heterocycles. The van der Waals surface area contributed by atoms with E-state index >= 15 is 0 Å². The topological polar surface area (TPSA) is 47.4 Å². The van der Waals surface area contributed by atoms with E-state index in [4.69, 9.17) is 4.74 Å². The number of carbonyl (C=O) groups excluding carboxylic acids is 1. The quantitative estimate of drug-likeness (QED) is 0.833. The van der Waals surface area contributed by atoms with Gasteiger partial charge in [-0.2, -0.15) is 0 Å². The van der Waals surface area contributed by atoms with Crippen LogP contribution in [-0.2, 0) is 22.7 Å². The van der Waals surface area contributed by atoms with Crippen molar-refractivity contribution in [2.45, 2.75) is 45.8 Å². The van der Waals surface area contributed by atoms with Crippen molar-refractivity contribution in [3.8, 4) is 0 Å². The van der Waals surface area contributed by atoms with Crippen molar-refractivity contribution in [1.29, 1.82) is 0 Å². The molecule has 0 radical (unpaired) electrons. The van der Waals surface area contributed by atoms with Gasteiger partial charge in [-0.15, -0.1) is 0 Å². The summed E-state index contributed by atoms with van der Waals surface area (Å²) in [4.78, 5) is 18.7. The number of aryl methyl sites for hydroxylation is 1. The van der Waals surface area contributed by atoms with Gasteiger partial charge in [0.25, 0.3) is 0 Å². The molecule has 116 valence electrons. The second-order valence-corrected chi connectivity index (χ2v) is 6.45. The molecule has 0 spiro atoms. The van der Waals surface area contributed by atoms with E-state index in [-0.39, 0.29) is 0 Å². The SMILES string of the molecule is COCc1ncc(C)n1CC1CN(C(=O)C2CCCC2)C1. The van der Waals surface area contributed by atoms with E-state index in [9.17, 15) is 4.79 Å². The van der Waals surface area contributed by atoms with E-state index in [1.807, 2.05) is 11.1 Å². The first kappa shape index (κ1) is 14.6. The number of nitrogens with zero attached hydrogens (tertiary/aromatic N) is 3. The van der Waals surface area contributed by atoms with Crippen LogP contribution in [0.2, 0.25) is 0 Å². The van der Waals surface area contributed by atoms with E-state index in [1.54, 1.807) is 7.11 Å². The van der Waals surface area contributed by atoms with Crippen LogP contribution in [0.25, 0.3) is 0 Å². The lowest BCUT2D eigenvalue weighted by atomic mass is 9.96. The summed E-state index contributed by atoms with van der Waals surface area (Å²) in [5.74, 6) is 2.24. The fourth-order valence-corrected chi connectivity index (χ4v) is 3.56. The van der Waals surface area contributed by atoms with Gasteiger partial charge in [0.1, 0.15) is 12.4 Å². The third-order valence-corrected chi connectivity index (χ3v) is 4.83. The predicted octanol–water partition coefficient (Wildman–Crippen LogP) is 1.99. The molecule has 2 aliphatic rings. The Labute approximate surface area is 126 Å². The maximum Gasteiger partial charge on any atom is 0.225 e. The van der Waals surface area contributed by atoms with E-state index in [0.29, 0.717) is 24.3 Å². The monoisotopic (exact) mass is 291 g/mol. The summed E-state index contributed by atoms with van der Waals surface area (Å²) in [7, 11) is 1.69. The number of aromatic nitrogens is 2. The van der Waals surface area contributed by atoms with Gasteiger partial charge in [0.2, 0.25) is 5.91 Å². The van der Waals surface area contributed by atoms with Crippen molar-refractivity contribution >= 4 is 5.91 Å². The number of imidazole rings is 1. The number of carbonyl (C=O) groups is 1. The van der Waals surface area contributed by atoms with Gasteiger partial charge < -0.3 is 14.2 Å². The Kier molecular flexibility index (Phi) is 4.29. The molecule has 5 nitrogen and oxygen atoms in total. The summed E-state index contributed by atoms with van der Waals surface area (Å²) in [6.45, 7) is 5.37. The molecule has 3 rings (SSSR count). The Morgan fingerprint density at radius 3 is 2.76 bits per heavy atom. The zero-order valence-electron chi connectivity index (χ0n) is 13.0. The molecule has 1 aliphatic heterocycles. The highest BCUT2D eigenvalue weighted by Gasteiger charge is 2.35. The van der Waals surface area contributed by atoms with Crippen molar-refractivity contribution in [2.24, 2.45) is 11.8 Å². The van der Waals surface area contributed by atoms with Crippen LogP contribution in [0.5, 0.6) is 0 Å². The molecular formula is C16H25N3O2. The van der Waals surface area contributed by atoms with Gasteiger partial charge in [-0.3, -0.25) is 4.79 Å². The van der Waals surface area contributed by atoms with Gasteiger partial charge in [-0.1, -0.05) is 12.8 Å². The Balaban J connectivity index is 1.52. The average Bonchev–Trinajstić information content (AvgIpc) is 3.05. The lowest BCUT2D eigenvalue weighted by molar-refractivity contribution is -0.142. The van der Waals surface area contributed by atoms with Crippen LogP contribution in [0.3, 0.4) is 0 Å². The smallest absolute Gasteiger partial charge is 0.225 e. The van der Waals surface area contributed by atoms with E-state index in [1.165, 1.54) is 18.5 Å². The van der Waals surface area contributed by atoms with Gasteiger partial charge >= 0.3 is 0 Å². The van der Waals surface area contributed by atoms with Crippen LogP contribution in [0.4, 0.5) is 0 Å². The minimum atomic E-state index is 0.310. The number of rotatable bonds is 5. The molecule has 0 aromatic carbocycles. The van der Waals surface area contributed by atoms with Crippen molar-refractivity contribution in [1.82, 2.24) is 14.5 Å². The first-order valence-electron chi connectivity index (χ1n) is 7.97. The molecule has 2 fully saturated rings. The third kappa shape index (κ3) is 2.98. The predicted molar refractivity (Wildman–Crippen MR) is 79.7 cm³/mol. The van der Waals surface area contributed by atoms with Crippen molar-refractivity contribution in [2.75, 3.05) is 20.2 Å². The summed E-state index contributed by atoms with van der Waals surface area (Å²) in [6.07, 6.45) is 6.54. The molecule has 0 atom stereocenters. The minimum Gasteiger partial charge on any atom is -0.377 e. The molecule has 1 amide bonds. The summed E-state index contributed by atoms with van der Waals surface area (Å²) < 4.78 is 7.42. The number of likely N-dealkylation sites (tertiary alicyclic amines) is 1. The highest BCUT2D eigenvalue weighted by Crippen LogP contribution is 2.30. The number of ether oxygens (including phenoxy) is 1. The van der Waals surface area contributed by atoms with Crippen LogP contribution < -0.4 is 0 Å². The molecule has 1 saturated carbocycles. The Hall–Kier alpha value is -1.36. The summed E-state index contributed by atoms with van der Waals surface area (Å²) in [5, 5.41) is 0. The molecular weight excluding hydrogens is 266 g/mol. The number of hydrogen-bond acceptors (Lipinski definition) is 3. The Morgan fingerprint density at radius 1 is 1.38 bits per heavy atom. The molecule has 21 heavy (non-hydrogen) atoms. The lowest BCUT2D eigenvalue weighted by Crippen LogP contribution is -2.53. The maximum atomic E-state index is 12.3. The van der Waals surface area contributed by atoms with Crippen molar-refractivity contribution in [3.05, 3.63) is 17.7 Å². The van der Waals surface area contributed by atoms with Crippen LogP contribution in [0.15, 0.2) is 6.20 Å². The third-order valence-electron chi connectivity index (χ3n) is 4.83. The number of methoxy groups -OCH3 is 1. The average molecular weight is 291 g/mol. The zero-order valence-corrected chi connectivity index (χ0v) is 13.0. The van der Waals surface area contributed by atoms with Gasteiger partial charge in [-0.25, -0.2) is 4.98 Å². The minimum absolute atomic E-state index is 0.310. The van der Waals surface area contributed by atoms with Gasteiger partial charge in [-0.05, 0) is 19.8 Å². The van der Waals surface area contributed by atoms with Crippen LogP contribution in [0.1, 0.15) is 37.2 Å². The van der Waals surface area contributed by atoms with Crippen LogP contribution in [0, 0.1) is 18.8 Å². The summed E-state index contributed by atoms with van der Waals surface area (Å²) in [6, 6.07) is 0. The molecule has 5 heteroatoms. The normalized spacial score (nSPS) is 20.0. The first-order chi connectivity index (χ1) is 10.2. The van der Waals surface area contributed by atoms with Crippen molar-refractivity contribution in [3.63, 3.8) is 0 Å². The summed E-state index contributed by atoms with van der Waals surface area (Å²) in [5.41, 5.74) is 1.17. The highest BCUT2D eigenvalue weighted by atomic mass is 16.5. The molecule has 0 N–H and O–H groups in total. The van der Waals surface area contributed by atoms with Gasteiger partial charge in [0.15, 0.2) is 0 Å². The van der Waals surface area contributed by atoms with Gasteiger partial charge in [0, 0.05) is 50.5 Å². The van der Waals surface area contributed by atoms with E-state index in [2.05, 4.69) is 16.5 Å². The molecule has 1 aliphatic carbocycles. The van der Waals surface area contributed by atoms with Crippen LogP contribution >= 0.6 is 0 Å². The fourth-order valence-electron chi connectivity index (χ4n) is 3.56. The largest absolute Gasteiger partial charge is 0.377 e. The Morgan fingerprint density at radius 2 is 2.10 bits per heavy atom. The molecule has 1 saturated heterocycles. The number of amides is 1. The second kappa shape index (κ2) is 6.18. The second-order valence-electron chi connectivity index (χ2n) is 6.45. The maximum absolute atomic E-state index is 12.3. The molecule has 2 heterocycles. The zero-order chi connectivity index (χ0) is 14.8. The van der Waals surface area contributed by atoms with Crippen molar-refractivity contribution < 1.29 is 9.53 Å². The highest BCUT2D eigenvalue weighted by molar-refractivity contribution is 5.79. The lowest BCUT2D eigenvalue weighted by Gasteiger charge is -2.41. The number of hydrogen-bond donors (Lipinski definition) is 0. The summed E-state index contributed by atoms with van der Waals surface area (Å²) >= 11 is 0. The van der Waals surface area contributed by atoms with Gasteiger partial charge in [0.05, 0.1) is 0 Å². The fraction of sp³-hybridized carbons (Fsp3) is 0.750. The van der Waals surface area contributed by atoms with E-state index in [0.717, 1.165) is 38.3 Å².